The first kappa shape index (κ1) is 11.9. The zero-order chi connectivity index (χ0) is 11.3. The third-order valence-electron chi connectivity index (χ3n) is 1.70. The van der Waals surface area contributed by atoms with Gasteiger partial charge in [0, 0.05) is 13.6 Å². The molecule has 0 amide bonds. The van der Waals surface area contributed by atoms with E-state index in [0.717, 1.165) is 6.42 Å². The monoisotopic (exact) mass is 230 g/mol. The first-order valence-electron chi connectivity index (χ1n) is 4.59. The third-order valence-corrected chi connectivity index (χ3v) is 3.12. The highest BCUT2D eigenvalue weighted by molar-refractivity contribution is 7.89. The Bertz CT molecular complexity index is 401. The molecular formula is C8H14N4O2S. The first-order valence-corrected chi connectivity index (χ1v) is 6.08. The molecule has 0 bridgehead atoms. The number of rotatable bonds is 5. The number of nitrogens with one attached hydrogen (secondary N) is 2. The fourth-order valence-electron chi connectivity index (χ4n) is 0.904. The first-order chi connectivity index (χ1) is 7.10. The van der Waals surface area contributed by atoms with E-state index in [-0.39, 0.29) is 4.90 Å². The van der Waals surface area contributed by atoms with Crippen LogP contribution in [0.2, 0.25) is 0 Å². The molecule has 7 heteroatoms. The van der Waals surface area contributed by atoms with Gasteiger partial charge in [-0.3, -0.25) is 0 Å². The van der Waals surface area contributed by atoms with Crippen molar-refractivity contribution in [2.75, 3.05) is 18.9 Å². The molecule has 0 spiro atoms. The number of sulfonamides is 1. The summed E-state index contributed by atoms with van der Waals surface area (Å²) in [4.78, 5) is 7.74. The zero-order valence-electron chi connectivity index (χ0n) is 8.69. The number of hydrogen-bond donors (Lipinski definition) is 2. The van der Waals surface area contributed by atoms with Gasteiger partial charge < -0.3 is 5.32 Å². The second kappa shape index (κ2) is 5.04. The minimum atomic E-state index is -3.45. The van der Waals surface area contributed by atoms with Crippen molar-refractivity contribution < 1.29 is 8.42 Å². The Balaban J connectivity index is 2.86. The summed E-state index contributed by atoms with van der Waals surface area (Å²) in [6.07, 6.45) is 3.29. The van der Waals surface area contributed by atoms with E-state index in [1.165, 1.54) is 12.4 Å². The summed E-state index contributed by atoms with van der Waals surface area (Å²) in [6.45, 7) is 2.30. The zero-order valence-corrected chi connectivity index (χ0v) is 9.50. The summed E-state index contributed by atoms with van der Waals surface area (Å²) in [6, 6.07) is 0. The van der Waals surface area contributed by atoms with Gasteiger partial charge in [0.15, 0.2) is 0 Å². The summed E-state index contributed by atoms with van der Waals surface area (Å²) >= 11 is 0. The highest BCUT2D eigenvalue weighted by Gasteiger charge is 2.13. The summed E-state index contributed by atoms with van der Waals surface area (Å²) < 4.78 is 25.6. The fourth-order valence-corrected chi connectivity index (χ4v) is 1.93. The van der Waals surface area contributed by atoms with Gasteiger partial charge in [-0.2, -0.15) is 0 Å². The molecule has 2 N–H and O–H groups in total. The van der Waals surface area contributed by atoms with Crippen LogP contribution in [0.3, 0.4) is 0 Å². The highest BCUT2D eigenvalue weighted by atomic mass is 32.2. The number of hydrogen-bond acceptors (Lipinski definition) is 5. The lowest BCUT2D eigenvalue weighted by atomic mass is 10.5. The lowest BCUT2D eigenvalue weighted by Gasteiger charge is -2.04. The summed E-state index contributed by atoms with van der Waals surface area (Å²) in [5.74, 6) is 0.393. The Labute approximate surface area is 89.2 Å². The second-order valence-electron chi connectivity index (χ2n) is 2.89. The van der Waals surface area contributed by atoms with Gasteiger partial charge >= 0.3 is 0 Å². The quantitative estimate of drug-likeness (QED) is 0.755. The van der Waals surface area contributed by atoms with Crippen molar-refractivity contribution in [2.24, 2.45) is 0 Å². The topological polar surface area (TPSA) is 84.0 Å². The van der Waals surface area contributed by atoms with E-state index in [1.54, 1.807) is 7.05 Å². The lowest BCUT2D eigenvalue weighted by molar-refractivity contribution is 0.580. The van der Waals surface area contributed by atoms with Crippen molar-refractivity contribution in [2.45, 2.75) is 18.2 Å². The van der Waals surface area contributed by atoms with E-state index in [2.05, 4.69) is 20.0 Å². The van der Waals surface area contributed by atoms with Crippen LogP contribution in [0.4, 0.5) is 5.95 Å². The van der Waals surface area contributed by atoms with E-state index in [9.17, 15) is 8.42 Å². The van der Waals surface area contributed by atoms with E-state index < -0.39 is 10.0 Å². The Kier molecular flexibility index (Phi) is 3.98. The van der Waals surface area contributed by atoms with Crippen LogP contribution in [-0.4, -0.2) is 32.0 Å². The van der Waals surface area contributed by atoms with Crippen LogP contribution in [-0.2, 0) is 10.0 Å². The standard InChI is InChI=1S/C8H14N4O2S/c1-3-4-12-15(13,14)7-5-10-8(9-2)11-6-7/h5-6,12H,3-4H2,1-2H3,(H,9,10,11). The normalized spacial score (nSPS) is 11.3. The molecule has 0 aromatic carbocycles. The predicted octanol–water partition coefficient (Wildman–Crippen LogP) is 0.207. The van der Waals surface area contributed by atoms with Crippen LogP contribution < -0.4 is 10.0 Å². The minimum Gasteiger partial charge on any atom is -0.357 e. The summed E-state index contributed by atoms with van der Waals surface area (Å²) in [7, 11) is -1.78. The van der Waals surface area contributed by atoms with E-state index in [0.29, 0.717) is 12.5 Å². The van der Waals surface area contributed by atoms with Crippen molar-refractivity contribution >= 4 is 16.0 Å². The highest BCUT2D eigenvalue weighted by Crippen LogP contribution is 2.06. The third kappa shape index (κ3) is 3.14. The molecule has 1 heterocycles. The molecule has 0 aliphatic heterocycles. The molecule has 1 rings (SSSR count). The van der Waals surface area contributed by atoms with Crippen molar-refractivity contribution in [3.05, 3.63) is 12.4 Å². The molecule has 1 aromatic heterocycles. The number of aromatic nitrogens is 2. The maximum atomic E-state index is 11.6. The van der Waals surface area contributed by atoms with Crippen LogP contribution in [0.5, 0.6) is 0 Å². The second-order valence-corrected chi connectivity index (χ2v) is 4.66. The Hall–Kier alpha value is -1.21. The van der Waals surface area contributed by atoms with Gasteiger partial charge in [0.1, 0.15) is 4.90 Å². The van der Waals surface area contributed by atoms with Crippen LogP contribution in [0.25, 0.3) is 0 Å². The molecule has 6 nitrogen and oxygen atoms in total. The SMILES string of the molecule is CCCNS(=O)(=O)c1cnc(NC)nc1. The molecule has 0 saturated carbocycles. The average molecular weight is 230 g/mol. The molecule has 0 saturated heterocycles. The molecule has 0 unspecified atom stereocenters. The van der Waals surface area contributed by atoms with Gasteiger partial charge in [-0.15, -0.1) is 0 Å². The average Bonchev–Trinajstić information content (AvgIpc) is 2.26. The van der Waals surface area contributed by atoms with E-state index in [1.807, 2.05) is 6.92 Å². The van der Waals surface area contributed by atoms with Gasteiger partial charge in [0.25, 0.3) is 0 Å². The van der Waals surface area contributed by atoms with Crippen LogP contribution in [0.1, 0.15) is 13.3 Å². The predicted molar refractivity (Wildman–Crippen MR) is 57.1 cm³/mol. The largest absolute Gasteiger partial charge is 0.357 e. The van der Waals surface area contributed by atoms with E-state index >= 15 is 0 Å². The maximum Gasteiger partial charge on any atom is 0.243 e. The maximum absolute atomic E-state index is 11.6. The molecule has 15 heavy (non-hydrogen) atoms. The molecule has 0 radical (unpaired) electrons. The van der Waals surface area contributed by atoms with Crippen molar-refractivity contribution in [3.8, 4) is 0 Å². The molecule has 0 atom stereocenters. The molecule has 0 fully saturated rings. The van der Waals surface area contributed by atoms with Gasteiger partial charge in [-0.25, -0.2) is 23.1 Å². The number of nitrogens with zero attached hydrogens (tertiary/aromatic N) is 2. The van der Waals surface area contributed by atoms with Crippen molar-refractivity contribution in [1.82, 2.24) is 14.7 Å². The lowest BCUT2D eigenvalue weighted by Crippen LogP contribution is -2.24. The molecule has 1 aromatic rings. The van der Waals surface area contributed by atoms with E-state index in [4.69, 9.17) is 0 Å². The molecule has 0 aliphatic carbocycles. The van der Waals surface area contributed by atoms with Gasteiger partial charge in [0.05, 0.1) is 12.4 Å². The van der Waals surface area contributed by atoms with Gasteiger partial charge in [-0.05, 0) is 6.42 Å². The Morgan fingerprint density at radius 3 is 2.40 bits per heavy atom. The Morgan fingerprint density at radius 1 is 1.33 bits per heavy atom. The molecular weight excluding hydrogens is 216 g/mol. The summed E-state index contributed by atoms with van der Waals surface area (Å²) in [5, 5.41) is 2.71. The smallest absolute Gasteiger partial charge is 0.243 e. The van der Waals surface area contributed by atoms with Crippen molar-refractivity contribution in [3.63, 3.8) is 0 Å². The van der Waals surface area contributed by atoms with Crippen LogP contribution in [0, 0.1) is 0 Å². The van der Waals surface area contributed by atoms with Gasteiger partial charge in [0.2, 0.25) is 16.0 Å². The van der Waals surface area contributed by atoms with Crippen LogP contribution >= 0.6 is 0 Å². The molecule has 84 valence electrons. The van der Waals surface area contributed by atoms with Crippen molar-refractivity contribution in [1.29, 1.82) is 0 Å². The Morgan fingerprint density at radius 2 is 1.93 bits per heavy atom. The number of anilines is 1. The fraction of sp³-hybridized carbons (Fsp3) is 0.500. The minimum absolute atomic E-state index is 0.0787. The van der Waals surface area contributed by atoms with Gasteiger partial charge in [-0.1, -0.05) is 6.92 Å². The molecule has 0 aliphatic rings. The summed E-state index contributed by atoms with van der Waals surface area (Å²) in [5.41, 5.74) is 0. The van der Waals surface area contributed by atoms with Crippen LogP contribution in [0.15, 0.2) is 17.3 Å².